The summed E-state index contributed by atoms with van der Waals surface area (Å²) in [6.07, 6.45) is 0. The molecular weight excluding hydrogens is 260 g/mol. The van der Waals surface area contributed by atoms with Gasteiger partial charge < -0.3 is 5.73 Å². The second kappa shape index (κ2) is 4.31. The van der Waals surface area contributed by atoms with Crippen molar-refractivity contribution in [2.45, 2.75) is 19.8 Å². The molecule has 98 valence electrons. The van der Waals surface area contributed by atoms with E-state index in [2.05, 4.69) is 15.5 Å². The average Bonchev–Trinajstić information content (AvgIpc) is 2.97. The molecule has 0 aromatic carbocycles. The number of nitrogens with one attached hydrogen (secondary N) is 1. The van der Waals surface area contributed by atoms with Gasteiger partial charge in [-0.3, -0.25) is 10.2 Å². The summed E-state index contributed by atoms with van der Waals surface area (Å²) in [5, 5.41) is 6.05. The van der Waals surface area contributed by atoms with Crippen LogP contribution < -0.4 is 11.2 Å². The Labute approximate surface area is 114 Å². The van der Waals surface area contributed by atoms with Gasteiger partial charge in [0.1, 0.15) is 11.7 Å². The van der Waals surface area contributed by atoms with Crippen LogP contribution in [0.15, 0.2) is 38.9 Å². The van der Waals surface area contributed by atoms with Crippen LogP contribution in [0.3, 0.4) is 0 Å². The van der Waals surface area contributed by atoms with Crippen molar-refractivity contribution in [1.29, 1.82) is 0 Å². The van der Waals surface area contributed by atoms with E-state index < -0.39 is 0 Å². The fourth-order valence-electron chi connectivity index (χ4n) is 2.71. The number of amidine groups is 2. The van der Waals surface area contributed by atoms with Gasteiger partial charge in [-0.15, -0.1) is 11.3 Å². The molecule has 3 N–H and O–H groups in total. The van der Waals surface area contributed by atoms with Crippen LogP contribution in [0.1, 0.15) is 24.6 Å². The third-order valence-corrected chi connectivity index (χ3v) is 4.42. The zero-order valence-corrected chi connectivity index (χ0v) is 11.5. The minimum atomic E-state index is -0.152. The lowest BCUT2D eigenvalue weighted by Gasteiger charge is -2.28. The summed E-state index contributed by atoms with van der Waals surface area (Å²) >= 11 is 1.62. The highest BCUT2D eigenvalue weighted by atomic mass is 32.1. The SMILES string of the molecule is CC(=O)C1=C(C)N=C2NN=C(N)C2C1c1cccs1. The van der Waals surface area contributed by atoms with Crippen molar-refractivity contribution in [1.82, 2.24) is 5.43 Å². The van der Waals surface area contributed by atoms with Crippen LogP contribution in [-0.4, -0.2) is 17.5 Å². The molecule has 0 spiro atoms. The van der Waals surface area contributed by atoms with Crippen LogP contribution in [0.5, 0.6) is 0 Å². The Morgan fingerprint density at radius 3 is 2.89 bits per heavy atom. The van der Waals surface area contributed by atoms with Gasteiger partial charge >= 0.3 is 0 Å². The number of nitrogens with two attached hydrogens (primary N) is 1. The van der Waals surface area contributed by atoms with Crippen LogP contribution in [0.2, 0.25) is 0 Å². The lowest BCUT2D eigenvalue weighted by atomic mass is 9.79. The Balaban J connectivity index is 2.18. The number of hydrazone groups is 1. The molecule has 3 rings (SSSR count). The smallest absolute Gasteiger partial charge is 0.158 e. The van der Waals surface area contributed by atoms with Crippen molar-refractivity contribution >= 4 is 28.8 Å². The molecule has 6 heteroatoms. The average molecular weight is 274 g/mol. The molecule has 0 fully saturated rings. The molecule has 1 aromatic heterocycles. The molecule has 5 nitrogen and oxygen atoms in total. The number of fused-ring (bicyclic) bond motifs is 1. The minimum Gasteiger partial charge on any atom is -0.385 e. The zero-order chi connectivity index (χ0) is 13.6. The third-order valence-electron chi connectivity index (χ3n) is 3.46. The molecule has 2 unspecified atom stereocenters. The van der Waals surface area contributed by atoms with Crippen molar-refractivity contribution in [3.05, 3.63) is 33.7 Å². The van der Waals surface area contributed by atoms with Crippen LogP contribution in [-0.2, 0) is 4.79 Å². The second-order valence-electron chi connectivity index (χ2n) is 4.67. The first kappa shape index (κ1) is 12.1. The lowest BCUT2D eigenvalue weighted by Crippen LogP contribution is -2.37. The summed E-state index contributed by atoms with van der Waals surface area (Å²) in [7, 11) is 0. The van der Waals surface area contributed by atoms with Gasteiger partial charge in [0.15, 0.2) is 5.78 Å². The van der Waals surface area contributed by atoms with Gasteiger partial charge in [0.05, 0.1) is 5.92 Å². The summed E-state index contributed by atoms with van der Waals surface area (Å²) < 4.78 is 0. The molecule has 2 aliphatic heterocycles. The molecule has 2 aliphatic rings. The number of carbonyl (C=O) groups is 1. The van der Waals surface area contributed by atoms with Crippen molar-refractivity contribution < 1.29 is 4.79 Å². The number of nitrogens with zero attached hydrogens (tertiary/aromatic N) is 2. The van der Waals surface area contributed by atoms with Crippen LogP contribution >= 0.6 is 11.3 Å². The van der Waals surface area contributed by atoms with Crippen molar-refractivity contribution in [3.63, 3.8) is 0 Å². The molecule has 0 radical (unpaired) electrons. The summed E-state index contributed by atoms with van der Waals surface area (Å²) in [5.41, 5.74) is 10.3. The van der Waals surface area contributed by atoms with Gasteiger partial charge in [0.2, 0.25) is 0 Å². The molecular formula is C13H14N4OS. The molecule has 1 aromatic rings. The highest BCUT2D eigenvalue weighted by molar-refractivity contribution is 7.10. The van der Waals surface area contributed by atoms with E-state index in [9.17, 15) is 4.79 Å². The standard InChI is InChI=1S/C13H14N4OS/c1-6-9(7(2)18)10(8-4-3-5-19-8)11-12(14)16-17-13(11)15-6/h3-5,10-11H,1-2H3,(H2,14,16)(H,15,17). The van der Waals surface area contributed by atoms with Crippen molar-refractivity contribution in [2.24, 2.45) is 21.7 Å². The van der Waals surface area contributed by atoms with E-state index in [-0.39, 0.29) is 17.6 Å². The Morgan fingerprint density at radius 2 is 2.26 bits per heavy atom. The number of rotatable bonds is 2. The number of hydrogen-bond acceptors (Lipinski definition) is 6. The van der Waals surface area contributed by atoms with Crippen LogP contribution in [0, 0.1) is 5.92 Å². The maximum atomic E-state index is 12.0. The van der Waals surface area contributed by atoms with Gasteiger partial charge in [-0.05, 0) is 25.3 Å². The predicted molar refractivity (Wildman–Crippen MR) is 76.1 cm³/mol. The number of aliphatic imine (C=N–C) groups is 1. The molecule has 3 heterocycles. The van der Waals surface area contributed by atoms with E-state index in [1.807, 2.05) is 24.4 Å². The lowest BCUT2D eigenvalue weighted by molar-refractivity contribution is -0.114. The third kappa shape index (κ3) is 1.79. The van der Waals surface area contributed by atoms with Crippen LogP contribution in [0.4, 0.5) is 0 Å². The highest BCUT2D eigenvalue weighted by Crippen LogP contribution is 2.41. The first-order chi connectivity index (χ1) is 9.09. The maximum Gasteiger partial charge on any atom is 0.158 e. The summed E-state index contributed by atoms with van der Waals surface area (Å²) in [6.45, 7) is 3.44. The summed E-state index contributed by atoms with van der Waals surface area (Å²) in [6, 6.07) is 4.01. The van der Waals surface area contributed by atoms with Gasteiger partial charge in [-0.2, -0.15) is 5.10 Å². The Hall–Kier alpha value is -1.95. The molecule has 0 saturated carbocycles. The van der Waals surface area contributed by atoms with Crippen LogP contribution in [0.25, 0.3) is 0 Å². The molecule has 0 amide bonds. The molecule has 2 atom stereocenters. The van der Waals surface area contributed by atoms with Gasteiger partial charge in [0.25, 0.3) is 0 Å². The van der Waals surface area contributed by atoms with Crippen molar-refractivity contribution in [2.75, 3.05) is 0 Å². The monoisotopic (exact) mass is 274 g/mol. The van der Waals surface area contributed by atoms with E-state index in [1.165, 1.54) is 0 Å². The first-order valence-corrected chi connectivity index (χ1v) is 6.90. The van der Waals surface area contributed by atoms with Gasteiger partial charge in [-0.1, -0.05) is 6.07 Å². The fourth-order valence-corrected chi connectivity index (χ4v) is 3.58. The van der Waals surface area contributed by atoms with E-state index in [1.54, 1.807) is 18.3 Å². The Bertz CT molecular complexity index is 627. The minimum absolute atomic E-state index is 0.0402. The number of allylic oxidation sites excluding steroid dienone is 2. The Kier molecular flexibility index (Phi) is 2.74. The molecule has 0 bridgehead atoms. The first-order valence-electron chi connectivity index (χ1n) is 6.02. The molecule has 19 heavy (non-hydrogen) atoms. The topological polar surface area (TPSA) is 79.8 Å². The van der Waals surface area contributed by atoms with Crippen molar-refractivity contribution in [3.8, 4) is 0 Å². The second-order valence-corrected chi connectivity index (χ2v) is 5.65. The van der Waals surface area contributed by atoms with Gasteiger partial charge in [0, 0.05) is 22.1 Å². The fraction of sp³-hybridized carbons (Fsp3) is 0.308. The normalized spacial score (nSPS) is 25.6. The maximum absolute atomic E-state index is 12.0. The predicted octanol–water partition coefficient (Wildman–Crippen LogP) is 1.60. The van der Waals surface area contributed by atoms with E-state index in [4.69, 9.17) is 5.73 Å². The highest BCUT2D eigenvalue weighted by Gasteiger charge is 2.42. The molecule has 0 saturated heterocycles. The van der Waals surface area contributed by atoms with Gasteiger partial charge in [-0.25, -0.2) is 4.99 Å². The Morgan fingerprint density at radius 1 is 1.47 bits per heavy atom. The number of thiophene rings is 1. The number of hydrogen-bond donors (Lipinski definition) is 2. The van der Waals surface area contributed by atoms with E-state index >= 15 is 0 Å². The number of carbonyl (C=O) groups excluding carboxylic acids is 1. The number of Topliss-reactive ketones (excluding diaryl/α,β-unsaturated/α-hetero) is 1. The largest absolute Gasteiger partial charge is 0.385 e. The van der Waals surface area contributed by atoms with E-state index in [0.717, 1.165) is 22.0 Å². The zero-order valence-electron chi connectivity index (χ0n) is 10.7. The summed E-state index contributed by atoms with van der Waals surface area (Å²) in [4.78, 5) is 17.5. The number of ketones is 1. The quantitative estimate of drug-likeness (QED) is 0.859. The molecule has 0 aliphatic carbocycles. The summed E-state index contributed by atoms with van der Waals surface area (Å²) in [5.74, 6) is 1.03. The van der Waals surface area contributed by atoms with E-state index in [0.29, 0.717) is 5.84 Å².